The molecule has 126 valence electrons. The predicted octanol–water partition coefficient (Wildman–Crippen LogP) is 3.48. The van der Waals surface area contributed by atoms with E-state index < -0.39 is 0 Å². The van der Waals surface area contributed by atoms with E-state index >= 15 is 0 Å². The van der Waals surface area contributed by atoms with Gasteiger partial charge in [-0.3, -0.25) is 4.79 Å². The fourth-order valence-electron chi connectivity index (χ4n) is 2.12. The molecule has 0 atom stereocenters. The van der Waals surface area contributed by atoms with E-state index in [1.165, 1.54) is 12.1 Å². The number of hydrogen-bond donors (Lipinski definition) is 1. The first kappa shape index (κ1) is 17.5. The molecule has 24 heavy (non-hydrogen) atoms. The highest BCUT2D eigenvalue weighted by Gasteiger charge is 2.04. The molecule has 4 nitrogen and oxygen atoms in total. The van der Waals surface area contributed by atoms with Crippen LogP contribution in [0.3, 0.4) is 0 Å². The molecule has 0 aliphatic carbocycles. The van der Waals surface area contributed by atoms with Crippen LogP contribution in [0.25, 0.3) is 6.08 Å². The molecule has 1 amide bonds. The van der Waals surface area contributed by atoms with Crippen molar-refractivity contribution < 1.29 is 18.7 Å². The Morgan fingerprint density at radius 3 is 2.54 bits per heavy atom. The lowest BCUT2D eigenvalue weighted by Gasteiger charge is -2.07. The van der Waals surface area contributed by atoms with E-state index in [-0.39, 0.29) is 18.3 Å². The maximum atomic E-state index is 13.5. The largest absolute Gasteiger partial charge is 0.493 e. The number of carbonyl (C=O) groups excluding carboxylic acids is 1. The van der Waals surface area contributed by atoms with Gasteiger partial charge in [0.15, 0.2) is 11.5 Å². The van der Waals surface area contributed by atoms with Crippen LogP contribution in [0.15, 0.2) is 42.5 Å². The summed E-state index contributed by atoms with van der Waals surface area (Å²) < 4.78 is 23.8. The summed E-state index contributed by atoms with van der Waals surface area (Å²) in [7, 11) is 3.12. The zero-order chi connectivity index (χ0) is 17.5. The molecule has 0 aromatic heterocycles. The molecule has 1 N–H and O–H groups in total. The van der Waals surface area contributed by atoms with Crippen molar-refractivity contribution in [2.24, 2.45) is 0 Å². The van der Waals surface area contributed by atoms with Gasteiger partial charge in [0, 0.05) is 12.6 Å². The number of amides is 1. The zero-order valence-electron chi connectivity index (χ0n) is 13.9. The molecule has 0 aliphatic heterocycles. The van der Waals surface area contributed by atoms with Crippen LogP contribution in [0.4, 0.5) is 4.39 Å². The highest BCUT2D eigenvalue weighted by atomic mass is 19.1. The van der Waals surface area contributed by atoms with E-state index in [4.69, 9.17) is 9.47 Å². The van der Waals surface area contributed by atoms with Gasteiger partial charge in [-0.15, -0.1) is 0 Å². The Balaban J connectivity index is 1.96. The number of ether oxygens (including phenoxy) is 2. The van der Waals surface area contributed by atoms with Gasteiger partial charge in [0.05, 0.1) is 14.2 Å². The molecule has 2 aromatic rings. The summed E-state index contributed by atoms with van der Waals surface area (Å²) in [4.78, 5) is 11.9. The van der Waals surface area contributed by atoms with E-state index in [9.17, 15) is 9.18 Å². The monoisotopic (exact) mass is 329 g/mol. The first-order valence-electron chi connectivity index (χ1n) is 7.46. The average molecular weight is 329 g/mol. The Bertz CT molecular complexity index is 756. The van der Waals surface area contributed by atoms with E-state index in [1.54, 1.807) is 51.5 Å². The SMILES string of the molecule is COc1ccc(/C=C/C(=O)NCc2ccc(C)c(F)c2)cc1OC. The number of methoxy groups -OCH3 is 2. The van der Waals surface area contributed by atoms with Crippen molar-refractivity contribution in [3.8, 4) is 11.5 Å². The number of benzene rings is 2. The van der Waals surface area contributed by atoms with E-state index in [0.29, 0.717) is 22.6 Å². The van der Waals surface area contributed by atoms with Gasteiger partial charge in [0.2, 0.25) is 5.91 Å². The topological polar surface area (TPSA) is 47.6 Å². The third kappa shape index (κ3) is 4.59. The van der Waals surface area contributed by atoms with Crippen molar-refractivity contribution in [3.63, 3.8) is 0 Å². The minimum absolute atomic E-state index is 0.259. The van der Waals surface area contributed by atoms with Gasteiger partial charge < -0.3 is 14.8 Å². The van der Waals surface area contributed by atoms with Crippen molar-refractivity contribution >= 4 is 12.0 Å². The molecule has 0 heterocycles. The Kier molecular flexibility index (Phi) is 5.95. The van der Waals surface area contributed by atoms with E-state index in [0.717, 1.165) is 5.56 Å². The van der Waals surface area contributed by atoms with Crippen LogP contribution in [-0.4, -0.2) is 20.1 Å². The standard InChI is InChI=1S/C19H20FNO3/c1-13-4-5-15(10-16(13)20)12-21-19(22)9-7-14-6-8-17(23-2)18(11-14)24-3/h4-11H,12H2,1-3H3,(H,21,22)/b9-7+. The molecular formula is C19H20FNO3. The number of aryl methyl sites for hydroxylation is 1. The lowest BCUT2D eigenvalue weighted by atomic mass is 10.1. The minimum Gasteiger partial charge on any atom is -0.493 e. The molecular weight excluding hydrogens is 309 g/mol. The van der Waals surface area contributed by atoms with Crippen molar-refractivity contribution in [1.29, 1.82) is 0 Å². The van der Waals surface area contributed by atoms with Crippen molar-refractivity contribution in [2.75, 3.05) is 14.2 Å². The molecule has 0 fully saturated rings. The number of nitrogens with one attached hydrogen (secondary N) is 1. The molecule has 0 radical (unpaired) electrons. The predicted molar refractivity (Wildman–Crippen MR) is 91.6 cm³/mol. The van der Waals surface area contributed by atoms with Crippen LogP contribution < -0.4 is 14.8 Å². The molecule has 0 aliphatic rings. The van der Waals surface area contributed by atoms with Gasteiger partial charge in [0.1, 0.15) is 5.82 Å². The number of hydrogen-bond acceptors (Lipinski definition) is 3. The van der Waals surface area contributed by atoms with Crippen LogP contribution in [0.1, 0.15) is 16.7 Å². The molecule has 2 aromatic carbocycles. The Morgan fingerprint density at radius 1 is 1.12 bits per heavy atom. The van der Waals surface area contributed by atoms with Gasteiger partial charge in [-0.05, 0) is 47.9 Å². The highest BCUT2D eigenvalue weighted by molar-refractivity contribution is 5.91. The van der Waals surface area contributed by atoms with Crippen LogP contribution in [-0.2, 0) is 11.3 Å². The molecule has 0 unspecified atom stereocenters. The lowest BCUT2D eigenvalue weighted by Crippen LogP contribution is -2.20. The quantitative estimate of drug-likeness (QED) is 0.826. The van der Waals surface area contributed by atoms with Crippen LogP contribution in [0.2, 0.25) is 0 Å². The zero-order valence-corrected chi connectivity index (χ0v) is 13.9. The number of rotatable bonds is 6. The smallest absolute Gasteiger partial charge is 0.244 e. The minimum atomic E-state index is -0.275. The van der Waals surface area contributed by atoms with Crippen LogP contribution in [0, 0.1) is 12.7 Å². The van der Waals surface area contributed by atoms with Gasteiger partial charge in [0.25, 0.3) is 0 Å². The molecule has 0 saturated carbocycles. The summed E-state index contributed by atoms with van der Waals surface area (Å²) in [6.45, 7) is 1.97. The third-order valence-electron chi connectivity index (χ3n) is 3.54. The highest BCUT2D eigenvalue weighted by Crippen LogP contribution is 2.27. The van der Waals surface area contributed by atoms with Crippen molar-refractivity contribution in [2.45, 2.75) is 13.5 Å². The molecule has 5 heteroatoms. The van der Waals surface area contributed by atoms with Gasteiger partial charge in [-0.2, -0.15) is 0 Å². The fourth-order valence-corrected chi connectivity index (χ4v) is 2.12. The van der Waals surface area contributed by atoms with Crippen LogP contribution in [0.5, 0.6) is 11.5 Å². The summed E-state index contributed by atoms with van der Waals surface area (Å²) >= 11 is 0. The van der Waals surface area contributed by atoms with Gasteiger partial charge in [-0.1, -0.05) is 18.2 Å². The fraction of sp³-hybridized carbons (Fsp3) is 0.211. The maximum absolute atomic E-state index is 13.5. The maximum Gasteiger partial charge on any atom is 0.244 e. The second kappa shape index (κ2) is 8.15. The molecule has 2 rings (SSSR count). The first-order valence-corrected chi connectivity index (χ1v) is 7.46. The van der Waals surface area contributed by atoms with E-state index in [2.05, 4.69) is 5.32 Å². The van der Waals surface area contributed by atoms with Crippen molar-refractivity contribution in [1.82, 2.24) is 5.32 Å². The van der Waals surface area contributed by atoms with Gasteiger partial charge in [-0.25, -0.2) is 4.39 Å². The number of halogens is 1. The van der Waals surface area contributed by atoms with E-state index in [1.807, 2.05) is 6.07 Å². The molecule has 0 spiro atoms. The second-order valence-corrected chi connectivity index (χ2v) is 5.25. The third-order valence-corrected chi connectivity index (χ3v) is 3.54. The molecule has 0 saturated heterocycles. The summed E-state index contributed by atoms with van der Waals surface area (Å²) in [6, 6.07) is 10.3. The first-order chi connectivity index (χ1) is 11.5. The Morgan fingerprint density at radius 2 is 1.88 bits per heavy atom. The van der Waals surface area contributed by atoms with Crippen molar-refractivity contribution in [3.05, 3.63) is 65.0 Å². The molecule has 0 bridgehead atoms. The summed E-state index contributed by atoms with van der Waals surface area (Å²) in [6.07, 6.45) is 3.10. The lowest BCUT2D eigenvalue weighted by molar-refractivity contribution is -0.116. The summed E-state index contributed by atoms with van der Waals surface area (Å²) in [5.41, 5.74) is 2.11. The van der Waals surface area contributed by atoms with Gasteiger partial charge >= 0.3 is 0 Å². The summed E-state index contributed by atoms with van der Waals surface area (Å²) in [5.74, 6) is 0.684. The second-order valence-electron chi connectivity index (χ2n) is 5.25. The average Bonchev–Trinajstić information content (AvgIpc) is 2.60. The van der Waals surface area contributed by atoms with Crippen LogP contribution >= 0.6 is 0 Å². The number of carbonyl (C=O) groups is 1. The Labute approximate surface area is 140 Å². The summed E-state index contributed by atoms with van der Waals surface area (Å²) in [5, 5.41) is 2.72. The Hall–Kier alpha value is -2.82. The normalized spacial score (nSPS) is 10.7.